The number of likely N-dealkylation sites (N-methyl/N-ethyl adjacent to an activating group) is 1. The predicted molar refractivity (Wildman–Crippen MR) is 95.0 cm³/mol. The molecule has 0 aromatic rings. The number of allylic oxidation sites excluding steroid dienone is 5. The Morgan fingerprint density at radius 2 is 1.95 bits per heavy atom. The summed E-state index contributed by atoms with van der Waals surface area (Å²) in [6.45, 7) is 15.8. The number of amidine groups is 1. The van der Waals surface area contributed by atoms with Gasteiger partial charge in [-0.05, 0) is 25.5 Å². The molecule has 0 aliphatic heterocycles. The second kappa shape index (κ2) is 10.4. The van der Waals surface area contributed by atoms with Crippen LogP contribution >= 0.6 is 0 Å². The summed E-state index contributed by atoms with van der Waals surface area (Å²) in [6, 6.07) is 0. The molecule has 0 amide bonds. The van der Waals surface area contributed by atoms with Crippen LogP contribution in [0.4, 0.5) is 0 Å². The third-order valence-corrected chi connectivity index (χ3v) is 2.74. The zero-order valence-electron chi connectivity index (χ0n) is 13.3. The van der Waals surface area contributed by atoms with Crippen LogP contribution < -0.4 is 0 Å². The standard InChI is InChI=1S/C18H25N3/c1-7-11-12-16(9-3)14-21(6)18(20-13-8-2)15(5)17(19)10-4/h7-13,19H,1,4-5,14H2,2-3,6H3/b12-11-,13-8-,16-9+,19-17?,20-18?. The van der Waals surface area contributed by atoms with Crippen molar-refractivity contribution < 1.29 is 0 Å². The first-order valence-electron chi connectivity index (χ1n) is 6.76. The Kier molecular flexibility index (Phi) is 9.18. The first-order valence-corrected chi connectivity index (χ1v) is 6.76. The van der Waals surface area contributed by atoms with E-state index in [-0.39, 0.29) is 5.71 Å². The topological polar surface area (TPSA) is 39.5 Å². The molecule has 0 spiro atoms. The average Bonchev–Trinajstić information content (AvgIpc) is 2.50. The number of rotatable bonds is 8. The van der Waals surface area contributed by atoms with Crippen molar-refractivity contribution in [3.05, 3.63) is 73.5 Å². The molecule has 0 unspecified atom stereocenters. The van der Waals surface area contributed by atoms with Gasteiger partial charge < -0.3 is 10.3 Å². The van der Waals surface area contributed by atoms with Crippen LogP contribution in [0.25, 0.3) is 0 Å². The van der Waals surface area contributed by atoms with Gasteiger partial charge in [0.25, 0.3) is 0 Å². The van der Waals surface area contributed by atoms with E-state index in [9.17, 15) is 0 Å². The number of hydrogen-bond donors (Lipinski definition) is 1. The van der Waals surface area contributed by atoms with Crippen LogP contribution in [0.1, 0.15) is 13.8 Å². The van der Waals surface area contributed by atoms with Gasteiger partial charge in [0.15, 0.2) is 0 Å². The summed E-state index contributed by atoms with van der Waals surface area (Å²) >= 11 is 0. The van der Waals surface area contributed by atoms with Crippen LogP contribution in [0.2, 0.25) is 0 Å². The minimum atomic E-state index is 0.272. The van der Waals surface area contributed by atoms with E-state index in [1.807, 2.05) is 50.1 Å². The molecule has 0 atom stereocenters. The van der Waals surface area contributed by atoms with Gasteiger partial charge in [-0.15, -0.1) is 0 Å². The molecule has 21 heavy (non-hydrogen) atoms. The van der Waals surface area contributed by atoms with Crippen molar-refractivity contribution in [1.82, 2.24) is 4.90 Å². The predicted octanol–water partition coefficient (Wildman–Crippen LogP) is 4.30. The molecule has 0 aliphatic carbocycles. The highest BCUT2D eigenvalue weighted by Crippen LogP contribution is 2.08. The first kappa shape index (κ1) is 18.6. The summed E-state index contributed by atoms with van der Waals surface area (Å²) in [5.74, 6) is 0.657. The minimum Gasteiger partial charge on any atom is -0.355 e. The van der Waals surface area contributed by atoms with E-state index >= 15 is 0 Å². The number of aliphatic imine (C=N–C) groups is 1. The Bertz CT molecular complexity index is 517. The fourth-order valence-electron chi connectivity index (χ4n) is 1.58. The molecular formula is C18H25N3. The zero-order chi connectivity index (χ0) is 16.3. The summed E-state index contributed by atoms with van der Waals surface area (Å²) in [5, 5.41) is 7.85. The quantitative estimate of drug-likeness (QED) is 0.402. The van der Waals surface area contributed by atoms with Gasteiger partial charge >= 0.3 is 0 Å². The van der Waals surface area contributed by atoms with Gasteiger partial charge in [-0.3, -0.25) is 0 Å². The third-order valence-electron chi connectivity index (χ3n) is 2.74. The number of nitrogens with one attached hydrogen (secondary N) is 1. The van der Waals surface area contributed by atoms with Gasteiger partial charge in [-0.2, -0.15) is 0 Å². The SMILES string of the molecule is C=C/C=C\C(=C/C)CN(C)C(=N/C=C\C)C(=C)C(=N)C=C. The molecule has 0 radical (unpaired) electrons. The van der Waals surface area contributed by atoms with Crippen LogP contribution in [0, 0.1) is 5.41 Å². The zero-order valence-corrected chi connectivity index (χ0v) is 13.3. The highest BCUT2D eigenvalue weighted by molar-refractivity contribution is 6.25. The summed E-state index contributed by atoms with van der Waals surface area (Å²) < 4.78 is 0. The Balaban J connectivity index is 5.31. The monoisotopic (exact) mass is 283 g/mol. The molecule has 0 fully saturated rings. The molecule has 0 aliphatic rings. The summed E-state index contributed by atoms with van der Waals surface area (Å²) in [7, 11) is 1.93. The number of nitrogens with zero attached hydrogens (tertiary/aromatic N) is 2. The lowest BCUT2D eigenvalue weighted by Crippen LogP contribution is -2.31. The smallest absolute Gasteiger partial charge is 0.137 e. The Labute approximate surface area is 128 Å². The fraction of sp³-hybridized carbons (Fsp3) is 0.222. The van der Waals surface area contributed by atoms with Crippen LogP contribution in [-0.2, 0) is 0 Å². The molecule has 0 rings (SSSR count). The van der Waals surface area contributed by atoms with Gasteiger partial charge in [0.05, 0.1) is 5.71 Å². The van der Waals surface area contributed by atoms with Crippen LogP contribution in [0.3, 0.4) is 0 Å². The van der Waals surface area contributed by atoms with Crippen LogP contribution in [-0.4, -0.2) is 30.0 Å². The van der Waals surface area contributed by atoms with E-state index in [1.165, 1.54) is 6.08 Å². The maximum atomic E-state index is 7.85. The van der Waals surface area contributed by atoms with E-state index in [4.69, 9.17) is 5.41 Å². The first-order chi connectivity index (χ1) is 10.0. The van der Waals surface area contributed by atoms with Crippen molar-refractivity contribution in [3.63, 3.8) is 0 Å². The fourth-order valence-corrected chi connectivity index (χ4v) is 1.58. The summed E-state index contributed by atoms with van der Waals surface area (Å²) in [5.41, 5.74) is 1.95. The highest BCUT2D eigenvalue weighted by Gasteiger charge is 2.13. The van der Waals surface area contributed by atoms with Crippen LogP contribution in [0.15, 0.2) is 78.5 Å². The molecule has 0 aromatic heterocycles. The molecule has 0 saturated carbocycles. The lowest BCUT2D eigenvalue weighted by Gasteiger charge is -2.23. The van der Waals surface area contributed by atoms with Gasteiger partial charge in [0, 0.05) is 25.4 Å². The molecule has 0 aromatic carbocycles. The van der Waals surface area contributed by atoms with Gasteiger partial charge in [-0.25, -0.2) is 4.99 Å². The van der Waals surface area contributed by atoms with Gasteiger partial charge in [0.2, 0.25) is 0 Å². The third kappa shape index (κ3) is 6.52. The van der Waals surface area contributed by atoms with Crippen molar-refractivity contribution in [2.45, 2.75) is 13.8 Å². The average molecular weight is 283 g/mol. The Morgan fingerprint density at radius 3 is 2.43 bits per heavy atom. The van der Waals surface area contributed by atoms with Crippen molar-refractivity contribution in [2.24, 2.45) is 4.99 Å². The summed E-state index contributed by atoms with van der Waals surface area (Å²) in [6.07, 6.45) is 12.7. The molecule has 0 saturated heterocycles. The largest absolute Gasteiger partial charge is 0.355 e. The van der Waals surface area contributed by atoms with Gasteiger partial charge in [-0.1, -0.05) is 50.1 Å². The van der Waals surface area contributed by atoms with Gasteiger partial charge in [0.1, 0.15) is 5.84 Å². The summed E-state index contributed by atoms with van der Waals surface area (Å²) in [4.78, 5) is 6.34. The lowest BCUT2D eigenvalue weighted by molar-refractivity contribution is 0.555. The Hall–Kier alpha value is -2.42. The maximum absolute atomic E-state index is 7.85. The maximum Gasteiger partial charge on any atom is 0.137 e. The lowest BCUT2D eigenvalue weighted by atomic mass is 10.1. The van der Waals surface area contributed by atoms with Crippen molar-refractivity contribution in [3.8, 4) is 0 Å². The normalized spacial score (nSPS) is 12.7. The van der Waals surface area contributed by atoms with Crippen LogP contribution in [0.5, 0.6) is 0 Å². The minimum absolute atomic E-state index is 0.272. The molecule has 1 N–H and O–H groups in total. The highest BCUT2D eigenvalue weighted by atomic mass is 15.2. The second-order valence-corrected chi connectivity index (χ2v) is 4.35. The van der Waals surface area contributed by atoms with E-state index in [0.717, 1.165) is 5.57 Å². The van der Waals surface area contributed by atoms with Crippen molar-refractivity contribution in [2.75, 3.05) is 13.6 Å². The van der Waals surface area contributed by atoms with E-state index in [1.54, 1.807) is 12.3 Å². The Morgan fingerprint density at radius 1 is 1.29 bits per heavy atom. The van der Waals surface area contributed by atoms with E-state index < -0.39 is 0 Å². The van der Waals surface area contributed by atoms with E-state index in [2.05, 4.69) is 24.7 Å². The second-order valence-electron chi connectivity index (χ2n) is 4.35. The molecule has 3 heteroatoms. The van der Waals surface area contributed by atoms with Crippen molar-refractivity contribution in [1.29, 1.82) is 5.41 Å². The van der Waals surface area contributed by atoms with Crippen molar-refractivity contribution >= 4 is 11.5 Å². The molecule has 112 valence electrons. The number of hydrogen-bond acceptors (Lipinski definition) is 2. The molecule has 0 bridgehead atoms. The molecule has 0 heterocycles. The molecule has 3 nitrogen and oxygen atoms in total. The van der Waals surface area contributed by atoms with E-state index in [0.29, 0.717) is 18.0 Å². The molecular weight excluding hydrogens is 258 g/mol.